The van der Waals surface area contributed by atoms with Crippen LogP contribution in [0.3, 0.4) is 0 Å². The largest absolute Gasteiger partial charge is 0.382 e. The van der Waals surface area contributed by atoms with Crippen molar-refractivity contribution in [3.05, 3.63) is 18.0 Å². The van der Waals surface area contributed by atoms with Crippen molar-refractivity contribution in [3.63, 3.8) is 0 Å². The van der Waals surface area contributed by atoms with Crippen molar-refractivity contribution in [2.45, 2.75) is 50.9 Å². The van der Waals surface area contributed by atoms with Crippen LogP contribution in [0.5, 0.6) is 0 Å². The van der Waals surface area contributed by atoms with Gasteiger partial charge in [-0.2, -0.15) is 0 Å². The van der Waals surface area contributed by atoms with Gasteiger partial charge in [0.15, 0.2) is 5.78 Å². The van der Waals surface area contributed by atoms with Crippen molar-refractivity contribution in [1.82, 2.24) is 21.1 Å². The second-order valence-corrected chi connectivity index (χ2v) is 8.45. The molecule has 0 aliphatic carbocycles. The van der Waals surface area contributed by atoms with Gasteiger partial charge in [0.2, 0.25) is 17.6 Å². The van der Waals surface area contributed by atoms with E-state index in [2.05, 4.69) is 21.1 Å². The van der Waals surface area contributed by atoms with Crippen LogP contribution in [0.15, 0.2) is 16.8 Å². The zero-order valence-corrected chi connectivity index (χ0v) is 19.5. The van der Waals surface area contributed by atoms with Crippen molar-refractivity contribution in [1.29, 1.82) is 0 Å². The Hall–Kier alpha value is -2.83. The maximum Gasteiger partial charge on any atom is 0.290 e. The predicted molar refractivity (Wildman–Crippen MR) is 114 cm³/mol. The number of methoxy groups -OCH3 is 2. The molecule has 4 unspecified atom stereocenters. The number of epoxide rings is 1. The number of rotatable bonds is 14. The van der Waals surface area contributed by atoms with Gasteiger partial charge in [-0.25, -0.2) is 0 Å². The third kappa shape index (κ3) is 7.62. The van der Waals surface area contributed by atoms with Crippen LogP contribution in [-0.4, -0.2) is 86.4 Å². The number of hydrogen-bond donors (Lipinski definition) is 3. The Morgan fingerprint density at radius 2 is 1.58 bits per heavy atom. The van der Waals surface area contributed by atoms with E-state index < -0.39 is 41.4 Å². The minimum Gasteiger partial charge on any atom is -0.382 e. The second-order valence-electron chi connectivity index (χ2n) is 8.45. The minimum absolute atomic E-state index is 0.0825. The topological polar surface area (TPSA) is 161 Å². The third-order valence-electron chi connectivity index (χ3n) is 5.02. The summed E-state index contributed by atoms with van der Waals surface area (Å²) in [6.45, 7) is 5.54. The summed E-state index contributed by atoms with van der Waals surface area (Å²) in [5.41, 5.74) is -0.901. The van der Waals surface area contributed by atoms with E-state index in [1.165, 1.54) is 26.5 Å². The molecule has 1 saturated heterocycles. The first-order chi connectivity index (χ1) is 15.6. The average molecular weight is 469 g/mol. The van der Waals surface area contributed by atoms with Crippen molar-refractivity contribution in [2.75, 3.05) is 34.0 Å². The highest BCUT2D eigenvalue weighted by atomic mass is 16.6. The molecule has 0 radical (unpaired) electrons. The third-order valence-corrected chi connectivity index (χ3v) is 5.02. The maximum absolute atomic E-state index is 13.0. The number of ether oxygens (including phenoxy) is 3. The molecule has 1 fully saturated rings. The van der Waals surface area contributed by atoms with Crippen molar-refractivity contribution >= 4 is 23.5 Å². The molecule has 12 heteroatoms. The van der Waals surface area contributed by atoms with Crippen molar-refractivity contribution in [3.8, 4) is 0 Å². The van der Waals surface area contributed by atoms with Crippen LogP contribution in [0.1, 0.15) is 37.7 Å². The van der Waals surface area contributed by atoms with E-state index in [1.54, 1.807) is 6.92 Å². The van der Waals surface area contributed by atoms with Gasteiger partial charge in [-0.1, -0.05) is 19.0 Å². The molecule has 1 aliphatic heterocycles. The molecule has 0 spiro atoms. The number of aromatic nitrogens is 1. The molecular weight excluding hydrogens is 436 g/mol. The highest BCUT2D eigenvalue weighted by molar-refractivity contribution is 5.99. The highest BCUT2D eigenvalue weighted by Gasteiger charge is 2.50. The van der Waals surface area contributed by atoms with Gasteiger partial charge in [0.25, 0.3) is 5.91 Å². The van der Waals surface area contributed by atoms with Gasteiger partial charge in [0.1, 0.15) is 17.7 Å². The number of nitrogens with zero attached hydrogens (tertiary/aromatic N) is 1. The molecule has 0 saturated carbocycles. The van der Waals surface area contributed by atoms with Crippen LogP contribution in [0.2, 0.25) is 0 Å². The maximum atomic E-state index is 13.0. The van der Waals surface area contributed by atoms with E-state index in [0.29, 0.717) is 13.0 Å². The second kappa shape index (κ2) is 11.9. The molecule has 2 heterocycles. The Kier molecular flexibility index (Phi) is 9.50. The summed E-state index contributed by atoms with van der Waals surface area (Å²) in [6, 6.07) is -1.66. The van der Waals surface area contributed by atoms with Gasteiger partial charge in [0, 0.05) is 20.3 Å². The molecule has 0 aromatic carbocycles. The number of hydrogen-bond acceptors (Lipinski definition) is 9. The van der Waals surface area contributed by atoms with Crippen molar-refractivity contribution < 1.29 is 37.9 Å². The Bertz CT molecular complexity index is 822. The lowest BCUT2D eigenvalue weighted by Crippen LogP contribution is -2.58. The standard InChI is InChI=1S/C21H32N4O8/c1-12(2)8-13(17(26)21(3)11-32-21)23-18(27)14(9-30-4)24-19(28)15(10-31-5)25-20(29)16-6-7-22-33-16/h6-7,12-15H,8-11H2,1-5H3,(H,23,27)(H,24,28)(H,25,29). The minimum atomic E-state index is -1.12. The van der Waals surface area contributed by atoms with Crippen LogP contribution < -0.4 is 16.0 Å². The Morgan fingerprint density at radius 3 is 2.03 bits per heavy atom. The zero-order chi connectivity index (χ0) is 24.6. The molecule has 4 atom stereocenters. The van der Waals surface area contributed by atoms with E-state index in [-0.39, 0.29) is 30.7 Å². The first kappa shape index (κ1) is 26.4. The number of carbonyl (C=O) groups excluding carboxylic acids is 4. The normalized spacial score (nSPS) is 19.9. The molecule has 184 valence electrons. The van der Waals surface area contributed by atoms with E-state index in [1.807, 2.05) is 13.8 Å². The Balaban J connectivity index is 2.07. The fraction of sp³-hybridized carbons (Fsp3) is 0.667. The summed E-state index contributed by atoms with van der Waals surface area (Å²) in [7, 11) is 2.74. The summed E-state index contributed by atoms with van der Waals surface area (Å²) in [5, 5.41) is 11.2. The number of carbonyl (C=O) groups is 4. The first-order valence-electron chi connectivity index (χ1n) is 10.6. The van der Waals surface area contributed by atoms with Crippen LogP contribution in [0.25, 0.3) is 0 Å². The molecule has 2 rings (SSSR count). The number of ketones is 1. The van der Waals surface area contributed by atoms with Gasteiger partial charge >= 0.3 is 0 Å². The van der Waals surface area contributed by atoms with Gasteiger partial charge < -0.3 is 34.7 Å². The van der Waals surface area contributed by atoms with Gasteiger partial charge in [-0.3, -0.25) is 19.2 Å². The van der Waals surface area contributed by atoms with E-state index in [9.17, 15) is 19.2 Å². The van der Waals surface area contributed by atoms with E-state index in [4.69, 9.17) is 18.7 Å². The number of Topliss-reactive ketones (excluding diaryl/α,β-unsaturated/α-hetero) is 1. The van der Waals surface area contributed by atoms with Gasteiger partial charge in [-0.15, -0.1) is 0 Å². The zero-order valence-electron chi connectivity index (χ0n) is 19.5. The van der Waals surface area contributed by atoms with Crippen molar-refractivity contribution in [2.24, 2.45) is 5.92 Å². The van der Waals surface area contributed by atoms with Crippen LogP contribution in [0.4, 0.5) is 0 Å². The predicted octanol–water partition coefficient (Wildman–Crippen LogP) is -0.560. The molecule has 1 aromatic rings. The summed E-state index contributed by atoms with van der Waals surface area (Å²) in [5.74, 6) is -2.10. The monoisotopic (exact) mass is 468 g/mol. The van der Waals surface area contributed by atoms with Crippen LogP contribution >= 0.6 is 0 Å². The lowest BCUT2D eigenvalue weighted by atomic mass is 9.93. The lowest BCUT2D eigenvalue weighted by molar-refractivity contribution is -0.134. The number of amides is 3. The Morgan fingerprint density at radius 1 is 1.03 bits per heavy atom. The average Bonchev–Trinajstić information content (AvgIpc) is 3.27. The SMILES string of the molecule is COCC(NC(=O)c1ccno1)C(=O)NC(COC)C(=O)NC(CC(C)C)C(=O)C1(C)CO1. The smallest absolute Gasteiger partial charge is 0.290 e. The summed E-state index contributed by atoms with van der Waals surface area (Å²) >= 11 is 0. The highest BCUT2D eigenvalue weighted by Crippen LogP contribution is 2.29. The van der Waals surface area contributed by atoms with Crippen LogP contribution in [-0.2, 0) is 28.6 Å². The molecule has 12 nitrogen and oxygen atoms in total. The molecular formula is C21H32N4O8. The van der Waals surface area contributed by atoms with Gasteiger partial charge in [-0.05, 0) is 19.3 Å². The quantitative estimate of drug-likeness (QED) is 0.304. The van der Waals surface area contributed by atoms with E-state index >= 15 is 0 Å². The summed E-state index contributed by atoms with van der Waals surface area (Å²) in [4.78, 5) is 50.8. The fourth-order valence-corrected chi connectivity index (χ4v) is 3.13. The molecule has 3 N–H and O–H groups in total. The first-order valence-corrected chi connectivity index (χ1v) is 10.6. The summed E-state index contributed by atoms with van der Waals surface area (Å²) < 4.78 is 20.1. The fourth-order valence-electron chi connectivity index (χ4n) is 3.13. The lowest BCUT2D eigenvalue weighted by Gasteiger charge is -2.26. The number of nitrogens with one attached hydrogen (secondary N) is 3. The van der Waals surface area contributed by atoms with E-state index in [0.717, 1.165) is 0 Å². The molecule has 1 aromatic heterocycles. The van der Waals surface area contributed by atoms with Crippen LogP contribution in [0, 0.1) is 5.92 Å². The van der Waals surface area contributed by atoms with Gasteiger partial charge in [0.05, 0.1) is 32.1 Å². The Labute approximate surface area is 192 Å². The molecule has 3 amide bonds. The molecule has 33 heavy (non-hydrogen) atoms. The summed E-state index contributed by atoms with van der Waals surface area (Å²) in [6.07, 6.45) is 1.71. The molecule has 0 bridgehead atoms. The molecule has 1 aliphatic rings.